The molecule has 0 atom stereocenters. The van der Waals surface area contributed by atoms with Gasteiger partial charge in [0.05, 0.1) is 5.92 Å². The zero-order valence-corrected chi connectivity index (χ0v) is 3.89. The lowest BCUT2D eigenvalue weighted by Gasteiger charge is -1.89. The van der Waals surface area contributed by atoms with Gasteiger partial charge in [-0.2, -0.15) is 0 Å². The highest BCUT2D eigenvalue weighted by atomic mass is 16.4. The van der Waals surface area contributed by atoms with Crippen molar-refractivity contribution in [2.45, 2.75) is 13.8 Å². The molecule has 0 rings (SSSR count). The van der Waals surface area contributed by atoms with Crippen LogP contribution in [0.1, 0.15) is 13.8 Å². The molecule has 0 aliphatic carbocycles. The SMILES string of the molecule is [2H]OC(=O)C(C)C. The van der Waals surface area contributed by atoms with Crippen LogP contribution in [0, 0.1) is 5.92 Å². The molecule has 0 aromatic rings. The summed E-state index contributed by atoms with van der Waals surface area (Å²) in [6.07, 6.45) is 0. The van der Waals surface area contributed by atoms with Gasteiger partial charge in [0.15, 0.2) is 0 Å². The fourth-order valence-electron chi connectivity index (χ4n) is 0. The Bertz CT molecular complexity index is 70.1. The van der Waals surface area contributed by atoms with Gasteiger partial charge in [-0.05, 0) is 0 Å². The fraction of sp³-hybridized carbons (Fsp3) is 0.750. The smallest absolute Gasteiger partial charge is 0.305 e. The molecule has 2 nitrogen and oxygen atoms in total. The maximum atomic E-state index is 10.1. The van der Waals surface area contributed by atoms with Crippen LogP contribution < -0.4 is 0 Å². The van der Waals surface area contributed by atoms with E-state index in [0.717, 1.165) is 0 Å². The van der Waals surface area contributed by atoms with Crippen molar-refractivity contribution in [3.05, 3.63) is 0 Å². The second kappa shape index (κ2) is 1.80. The number of hydrogen-bond acceptors (Lipinski definition) is 2. The molecule has 2 heteroatoms. The first-order valence-corrected chi connectivity index (χ1v) is 1.85. The Balaban J connectivity index is 3.35. The number of carboxylic acid groups (broad SMARTS) is 1. The van der Waals surface area contributed by atoms with E-state index >= 15 is 0 Å². The van der Waals surface area contributed by atoms with Crippen LogP contribution in [0.2, 0.25) is 0 Å². The van der Waals surface area contributed by atoms with Crippen LogP contribution in [0.15, 0.2) is 0 Å². The average molecular weight is 89.1 g/mol. The minimum Gasteiger partial charge on any atom is -0.481 e. The van der Waals surface area contributed by atoms with E-state index in [2.05, 4.69) is 5.11 Å². The summed E-state index contributed by atoms with van der Waals surface area (Å²) in [6, 6.07) is 0. The van der Waals surface area contributed by atoms with Gasteiger partial charge in [-0.15, -0.1) is 0 Å². The van der Waals surface area contributed by atoms with Gasteiger partial charge in [0.1, 0.15) is 0 Å². The van der Waals surface area contributed by atoms with Crippen molar-refractivity contribution >= 4 is 5.97 Å². The molecule has 0 aromatic carbocycles. The van der Waals surface area contributed by atoms with Crippen molar-refractivity contribution in [2.24, 2.45) is 5.92 Å². The molecule has 6 heavy (non-hydrogen) atoms. The number of carbonyl (C=O) groups is 1. The lowest BCUT2D eigenvalue weighted by atomic mass is 10.2. The van der Waals surface area contributed by atoms with E-state index < -0.39 is 5.97 Å². The van der Waals surface area contributed by atoms with E-state index in [1.54, 1.807) is 13.8 Å². The summed E-state index contributed by atoms with van der Waals surface area (Å²) in [6.45, 7) is 3.35. The molecule has 0 unspecified atom stereocenters. The molecule has 0 bridgehead atoms. The molecule has 0 saturated heterocycles. The maximum absolute atomic E-state index is 10.1. The number of hydrogen-bond donors (Lipinski definition) is 1. The van der Waals surface area contributed by atoms with Crippen molar-refractivity contribution in [2.75, 3.05) is 0 Å². The third-order valence-electron chi connectivity index (χ3n) is 0.471. The highest BCUT2D eigenvalue weighted by Crippen LogP contribution is 1.87. The third kappa shape index (κ3) is 1.76. The van der Waals surface area contributed by atoms with E-state index in [1.807, 2.05) is 0 Å². The summed E-state index contributed by atoms with van der Waals surface area (Å²) < 4.78 is 6.09. The summed E-state index contributed by atoms with van der Waals surface area (Å²) in [5, 5.41) is 3.62. The van der Waals surface area contributed by atoms with Gasteiger partial charge in [-0.3, -0.25) is 4.79 Å². The van der Waals surface area contributed by atoms with Gasteiger partial charge in [0.25, 0.3) is 1.43 Å². The Morgan fingerprint density at radius 2 is 2.50 bits per heavy atom. The monoisotopic (exact) mass is 89.1 g/mol. The van der Waals surface area contributed by atoms with Crippen LogP contribution in [0.5, 0.6) is 0 Å². The zero-order chi connectivity index (χ0) is 5.86. The Labute approximate surface area is 38.3 Å². The van der Waals surface area contributed by atoms with Gasteiger partial charge in [0.2, 0.25) is 0 Å². The molecule has 0 heterocycles. The zero-order valence-electron chi connectivity index (χ0n) is 4.89. The Morgan fingerprint density at radius 3 is 2.50 bits per heavy atom. The van der Waals surface area contributed by atoms with Gasteiger partial charge in [-0.25, -0.2) is 0 Å². The second-order valence-corrected chi connectivity index (χ2v) is 1.47. The van der Waals surface area contributed by atoms with E-state index in [1.165, 1.54) is 0 Å². The quantitative estimate of drug-likeness (QED) is 0.514. The number of carboxylic acids is 1. The van der Waals surface area contributed by atoms with Crippen molar-refractivity contribution in [3.63, 3.8) is 0 Å². The van der Waals surface area contributed by atoms with Crippen LogP contribution in [-0.2, 0) is 4.79 Å². The van der Waals surface area contributed by atoms with E-state index in [0.29, 0.717) is 0 Å². The molecule has 0 spiro atoms. The minimum absolute atomic E-state index is 0.183. The summed E-state index contributed by atoms with van der Waals surface area (Å²) >= 11 is 0. The van der Waals surface area contributed by atoms with Crippen molar-refractivity contribution in [1.29, 1.82) is 1.43 Å². The largest absolute Gasteiger partial charge is 0.481 e. The Morgan fingerprint density at radius 1 is 2.00 bits per heavy atom. The molecule has 0 saturated carbocycles. The lowest BCUT2D eigenvalue weighted by Crippen LogP contribution is -2.03. The second-order valence-electron chi connectivity index (χ2n) is 1.47. The van der Waals surface area contributed by atoms with Gasteiger partial charge in [0, 0.05) is 0 Å². The predicted octanol–water partition coefficient (Wildman–Crippen LogP) is 0.727. The summed E-state index contributed by atoms with van der Waals surface area (Å²) in [5.74, 6) is -0.669. The highest BCUT2D eigenvalue weighted by molar-refractivity contribution is 5.68. The van der Waals surface area contributed by atoms with Crippen LogP contribution in [-0.4, -0.2) is 11.1 Å². The molecule has 0 aromatic heterocycles. The van der Waals surface area contributed by atoms with Crippen LogP contribution in [0.3, 0.4) is 0 Å². The number of aliphatic carboxylic acids is 1. The van der Waals surface area contributed by atoms with E-state index in [-0.39, 0.29) is 5.92 Å². The van der Waals surface area contributed by atoms with Crippen LogP contribution in [0.25, 0.3) is 1.43 Å². The molecule has 1 N–H and O–H groups in total. The van der Waals surface area contributed by atoms with Crippen LogP contribution >= 0.6 is 0 Å². The Kier molecular flexibility index (Phi) is 1.10. The number of rotatable bonds is 1. The third-order valence-corrected chi connectivity index (χ3v) is 0.471. The molecular weight excluding hydrogens is 80.0 g/mol. The topological polar surface area (TPSA) is 37.3 Å². The predicted molar refractivity (Wildman–Crippen MR) is 22.5 cm³/mol. The first-order chi connectivity index (χ1) is 3.18. The van der Waals surface area contributed by atoms with Gasteiger partial charge in [-0.1, -0.05) is 13.8 Å². The van der Waals surface area contributed by atoms with E-state index in [9.17, 15) is 4.79 Å². The van der Waals surface area contributed by atoms with Crippen molar-refractivity contribution in [3.8, 4) is 0 Å². The first-order valence-electron chi connectivity index (χ1n) is 2.26. The van der Waals surface area contributed by atoms with Gasteiger partial charge >= 0.3 is 5.97 Å². The normalized spacial score (nSPS) is 10.8. The van der Waals surface area contributed by atoms with Crippen molar-refractivity contribution in [1.82, 2.24) is 0 Å². The highest BCUT2D eigenvalue weighted by Gasteiger charge is 1.99. The molecule has 0 aliphatic heterocycles. The van der Waals surface area contributed by atoms with E-state index in [4.69, 9.17) is 1.43 Å². The summed E-state index contributed by atoms with van der Waals surface area (Å²) in [4.78, 5) is 10.1. The van der Waals surface area contributed by atoms with Crippen LogP contribution in [0.4, 0.5) is 0 Å². The summed E-state index contributed by atoms with van der Waals surface area (Å²) in [7, 11) is 0. The fourth-order valence-corrected chi connectivity index (χ4v) is 0. The molecule has 0 fully saturated rings. The van der Waals surface area contributed by atoms with Crippen molar-refractivity contribution < 1.29 is 9.90 Å². The maximum Gasteiger partial charge on any atom is 0.305 e. The first kappa shape index (κ1) is 3.65. The van der Waals surface area contributed by atoms with Gasteiger partial charge < -0.3 is 5.11 Å². The average Bonchev–Trinajstić information content (AvgIpc) is 1.65. The molecular formula is C4H8O2. The molecule has 0 aliphatic rings. The summed E-state index contributed by atoms with van der Waals surface area (Å²) in [5.41, 5.74) is 0. The standard InChI is InChI=1S/C4H8O2/c1-3(2)4(5)6/h3H,1-2H3,(H,5,6)/i/hD. The molecule has 0 radical (unpaired) electrons. The molecule has 36 valence electrons. The minimum atomic E-state index is -0.486. The molecule has 0 amide bonds. The Hall–Kier alpha value is -0.530. The lowest BCUT2D eigenvalue weighted by molar-refractivity contribution is -0.140.